The van der Waals surface area contributed by atoms with Crippen molar-refractivity contribution in [3.63, 3.8) is 0 Å². The lowest BCUT2D eigenvalue weighted by atomic mass is 10.1. The molecule has 0 atom stereocenters. The predicted octanol–water partition coefficient (Wildman–Crippen LogP) is 2.20. The van der Waals surface area contributed by atoms with Gasteiger partial charge in [0.05, 0.1) is 0 Å². The van der Waals surface area contributed by atoms with E-state index in [0.717, 1.165) is 0 Å². The van der Waals surface area contributed by atoms with Gasteiger partial charge in [-0.3, -0.25) is 4.98 Å². The number of nitrogens with zero attached hydrogens (tertiary/aromatic N) is 1. The van der Waals surface area contributed by atoms with E-state index in [4.69, 9.17) is 0 Å². The summed E-state index contributed by atoms with van der Waals surface area (Å²) in [5.74, 6) is 0. The van der Waals surface area contributed by atoms with E-state index in [1.54, 1.807) is 19.1 Å². The first-order chi connectivity index (χ1) is 6.98. The first-order valence-electron chi connectivity index (χ1n) is 4.28. The monoisotopic (exact) mass is 225 g/mol. The zero-order valence-corrected chi connectivity index (χ0v) is 8.75. The van der Waals surface area contributed by atoms with Gasteiger partial charge in [0.1, 0.15) is 4.90 Å². The lowest BCUT2D eigenvalue weighted by Gasteiger charge is -2.02. The molecule has 0 fully saturated rings. The van der Waals surface area contributed by atoms with E-state index in [2.05, 4.69) is 4.98 Å². The molecule has 1 aromatic carbocycles. The van der Waals surface area contributed by atoms with Crippen LogP contribution in [0, 0.1) is 6.92 Å². The van der Waals surface area contributed by atoms with Gasteiger partial charge in [-0.25, -0.2) is 0 Å². The van der Waals surface area contributed by atoms with Crippen LogP contribution in [0.25, 0.3) is 10.8 Å². The van der Waals surface area contributed by atoms with E-state index < -0.39 is 10.2 Å². The molecule has 2 aromatic rings. The summed E-state index contributed by atoms with van der Waals surface area (Å²) in [5, 5.41) is 0.979. The molecule has 5 heteroatoms. The topological polar surface area (TPSA) is 47.0 Å². The molecule has 1 aromatic heterocycles. The number of hydrogen-bond acceptors (Lipinski definition) is 3. The smallest absolute Gasteiger partial charge is 0.261 e. The number of aromatic nitrogens is 1. The number of rotatable bonds is 1. The molecule has 0 aliphatic rings. The van der Waals surface area contributed by atoms with Gasteiger partial charge in [-0.05, 0) is 19.1 Å². The first kappa shape index (κ1) is 10.0. The van der Waals surface area contributed by atoms with E-state index in [1.807, 2.05) is 0 Å². The second-order valence-electron chi connectivity index (χ2n) is 3.24. The Morgan fingerprint density at radius 3 is 2.73 bits per heavy atom. The van der Waals surface area contributed by atoms with Gasteiger partial charge in [0.15, 0.2) is 0 Å². The summed E-state index contributed by atoms with van der Waals surface area (Å²) in [6, 6.07) is 5.99. The number of fused-ring (bicyclic) bond motifs is 1. The summed E-state index contributed by atoms with van der Waals surface area (Å²) in [6.07, 6.45) is 1.53. The lowest BCUT2D eigenvalue weighted by Crippen LogP contribution is -1.94. The highest BCUT2D eigenvalue weighted by Crippen LogP contribution is 2.24. The maximum atomic E-state index is 12.9. The van der Waals surface area contributed by atoms with Crippen LogP contribution in [0.1, 0.15) is 5.69 Å². The van der Waals surface area contributed by atoms with Crippen LogP contribution in [0.2, 0.25) is 0 Å². The molecule has 0 unspecified atom stereocenters. The van der Waals surface area contributed by atoms with Crippen LogP contribution in [-0.2, 0) is 10.2 Å². The minimum absolute atomic E-state index is 0.300. The fourth-order valence-electron chi connectivity index (χ4n) is 1.46. The molecule has 0 saturated heterocycles. The van der Waals surface area contributed by atoms with Crippen molar-refractivity contribution in [2.75, 3.05) is 0 Å². The quantitative estimate of drug-likeness (QED) is 0.699. The van der Waals surface area contributed by atoms with Crippen molar-refractivity contribution in [2.24, 2.45) is 0 Å². The fraction of sp³-hybridized carbons (Fsp3) is 0.100. The summed E-state index contributed by atoms with van der Waals surface area (Å²) in [6.45, 7) is 1.72. The molecule has 0 aliphatic heterocycles. The Hall–Kier alpha value is -1.49. The average Bonchev–Trinajstić information content (AvgIpc) is 2.15. The van der Waals surface area contributed by atoms with Crippen molar-refractivity contribution >= 4 is 21.0 Å². The predicted molar refractivity (Wildman–Crippen MR) is 54.8 cm³/mol. The van der Waals surface area contributed by atoms with Gasteiger partial charge >= 0.3 is 10.2 Å². The third-order valence-electron chi connectivity index (χ3n) is 2.12. The summed E-state index contributed by atoms with van der Waals surface area (Å²) >= 11 is 0. The molecule has 0 saturated carbocycles. The summed E-state index contributed by atoms with van der Waals surface area (Å²) in [7, 11) is -4.67. The molecule has 0 bridgehead atoms. The molecule has 0 spiro atoms. The van der Waals surface area contributed by atoms with E-state index in [9.17, 15) is 12.3 Å². The Labute approximate surface area is 86.8 Å². The Kier molecular flexibility index (Phi) is 2.19. The van der Waals surface area contributed by atoms with Crippen LogP contribution < -0.4 is 0 Å². The Balaban J connectivity index is 2.92. The molecule has 15 heavy (non-hydrogen) atoms. The molecule has 1 heterocycles. The molecule has 0 N–H and O–H groups in total. The standard InChI is InChI=1S/C10H8FNO2S/c1-7-5-9-8(6-12-7)3-2-4-10(9)15(11,13)14/h2-6H,1H3. The maximum absolute atomic E-state index is 12.9. The minimum Gasteiger partial charge on any atom is -0.261 e. The van der Waals surface area contributed by atoms with Crippen molar-refractivity contribution < 1.29 is 12.3 Å². The Morgan fingerprint density at radius 1 is 1.33 bits per heavy atom. The van der Waals surface area contributed by atoms with Crippen molar-refractivity contribution in [1.29, 1.82) is 0 Å². The van der Waals surface area contributed by atoms with Crippen LogP contribution in [0.15, 0.2) is 35.4 Å². The molecule has 0 amide bonds. The zero-order chi connectivity index (χ0) is 11.1. The summed E-state index contributed by atoms with van der Waals surface area (Å²) < 4.78 is 34.7. The number of benzene rings is 1. The van der Waals surface area contributed by atoms with Gasteiger partial charge < -0.3 is 0 Å². The van der Waals surface area contributed by atoms with E-state index in [-0.39, 0.29) is 4.90 Å². The third-order valence-corrected chi connectivity index (χ3v) is 3.00. The average molecular weight is 225 g/mol. The van der Waals surface area contributed by atoms with Crippen LogP contribution in [0.5, 0.6) is 0 Å². The Bertz CT molecular complexity index is 622. The molecule has 0 radical (unpaired) electrons. The SMILES string of the molecule is Cc1cc2c(S(=O)(=O)F)cccc2cn1. The second kappa shape index (κ2) is 3.27. The molecule has 3 nitrogen and oxygen atoms in total. The highest BCUT2D eigenvalue weighted by molar-refractivity contribution is 7.86. The van der Waals surface area contributed by atoms with Gasteiger partial charge in [0.25, 0.3) is 0 Å². The first-order valence-corrected chi connectivity index (χ1v) is 5.67. The number of pyridine rings is 1. The van der Waals surface area contributed by atoms with Crippen molar-refractivity contribution in [3.05, 3.63) is 36.2 Å². The summed E-state index contributed by atoms with van der Waals surface area (Å²) in [5.41, 5.74) is 0.651. The van der Waals surface area contributed by atoms with E-state index in [1.165, 1.54) is 18.3 Å². The van der Waals surface area contributed by atoms with Crippen molar-refractivity contribution in [2.45, 2.75) is 11.8 Å². The van der Waals surface area contributed by atoms with Gasteiger partial charge in [-0.1, -0.05) is 12.1 Å². The van der Waals surface area contributed by atoms with Crippen LogP contribution in [0.3, 0.4) is 0 Å². The molecule has 0 aliphatic carbocycles. The fourth-order valence-corrected chi connectivity index (χ4v) is 2.14. The molecular weight excluding hydrogens is 217 g/mol. The molecular formula is C10H8FNO2S. The maximum Gasteiger partial charge on any atom is 0.332 e. The highest BCUT2D eigenvalue weighted by Gasteiger charge is 2.15. The van der Waals surface area contributed by atoms with Crippen LogP contribution >= 0.6 is 0 Å². The Morgan fingerprint density at radius 2 is 2.07 bits per heavy atom. The van der Waals surface area contributed by atoms with Crippen molar-refractivity contribution in [1.82, 2.24) is 4.98 Å². The zero-order valence-electron chi connectivity index (χ0n) is 7.94. The number of aryl methyl sites for hydroxylation is 1. The van der Waals surface area contributed by atoms with Crippen LogP contribution in [0.4, 0.5) is 3.89 Å². The van der Waals surface area contributed by atoms with Gasteiger partial charge in [-0.15, -0.1) is 3.89 Å². The minimum atomic E-state index is -4.67. The van der Waals surface area contributed by atoms with Gasteiger partial charge in [0.2, 0.25) is 0 Å². The normalized spacial score (nSPS) is 11.9. The lowest BCUT2D eigenvalue weighted by molar-refractivity contribution is 0.553. The number of halogens is 1. The number of hydrogen-bond donors (Lipinski definition) is 0. The van der Waals surface area contributed by atoms with E-state index >= 15 is 0 Å². The van der Waals surface area contributed by atoms with Crippen molar-refractivity contribution in [3.8, 4) is 0 Å². The van der Waals surface area contributed by atoms with E-state index in [0.29, 0.717) is 16.5 Å². The largest absolute Gasteiger partial charge is 0.332 e. The molecule has 78 valence electrons. The van der Waals surface area contributed by atoms with Gasteiger partial charge in [0, 0.05) is 22.7 Å². The van der Waals surface area contributed by atoms with Gasteiger partial charge in [-0.2, -0.15) is 8.42 Å². The molecule has 2 rings (SSSR count). The van der Waals surface area contributed by atoms with Crippen LogP contribution in [-0.4, -0.2) is 13.4 Å². The highest BCUT2D eigenvalue weighted by atomic mass is 32.3. The second-order valence-corrected chi connectivity index (χ2v) is 4.56. The third kappa shape index (κ3) is 1.83. The summed E-state index contributed by atoms with van der Waals surface area (Å²) in [4.78, 5) is 3.71.